The second-order valence-electron chi connectivity index (χ2n) is 4.04. The van der Waals surface area contributed by atoms with E-state index in [-0.39, 0.29) is 0 Å². The molecule has 0 saturated carbocycles. The molecule has 2 aromatic rings. The third-order valence-corrected chi connectivity index (χ3v) is 3.71. The number of nitrogens with zero attached hydrogens (tertiary/aromatic N) is 3. The zero-order valence-electron chi connectivity index (χ0n) is 10.5. The number of thiophene rings is 1. The predicted molar refractivity (Wildman–Crippen MR) is 73.4 cm³/mol. The summed E-state index contributed by atoms with van der Waals surface area (Å²) in [5.74, 6) is 1.01. The fourth-order valence-electron chi connectivity index (χ4n) is 1.96. The monoisotopic (exact) mass is 250 g/mol. The molecule has 0 unspecified atom stereocenters. The molecule has 0 saturated heterocycles. The molecule has 2 rings (SSSR count). The number of rotatable bonds is 4. The Balaban J connectivity index is 2.29. The molecular formula is C12H18N4S. The van der Waals surface area contributed by atoms with Crippen molar-refractivity contribution in [1.29, 1.82) is 0 Å². The summed E-state index contributed by atoms with van der Waals surface area (Å²) >= 11 is 1.77. The third-order valence-electron chi connectivity index (χ3n) is 2.85. The number of anilines is 2. The maximum Gasteiger partial charge on any atom is 0.150 e. The summed E-state index contributed by atoms with van der Waals surface area (Å²) in [5, 5.41) is 6.46. The van der Waals surface area contributed by atoms with E-state index in [1.165, 1.54) is 4.88 Å². The van der Waals surface area contributed by atoms with Gasteiger partial charge in [0.15, 0.2) is 5.82 Å². The van der Waals surface area contributed by atoms with E-state index in [1.807, 2.05) is 18.7 Å². The van der Waals surface area contributed by atoms with E-state index in [1.54, 1.807) is 11.3 Å². The van der Waals surface area contributed by atoms with Crippen molar-refractivity contribution in [3.63, 3.8) is 0 Å². The first-order valence-corrected chi connectivity index (χ1v) is 6.57. The van der Waals surface area contributed by atoms with Gasteiger partial charge >= 0.3 is 0 Å². The van der Waals surface area contributed by atoms with E-state index in [0.29, 0.717) is 0 Å². The van der Waals surface area contributed by atoms with Crippen molar-refractivity contribution in [2.45, 2.75) is 20.4 Å². The lowest BCUT2D eigenvalue weighted by Gasteiger charge is -2.22. The predicted octanol–water partition coefficient (Wildman–Crippen LogP) is 2.40. The lowest BCUT2D eigenvalue weighted by molar-refractivity contribution is 0.708. The molecule has 0 spiro atoms. The molecule has 0 radical (unpaired) electrons. The molecule has 5 heteroatoms. The summed E-state index contributed by atoms with van der Waals surface area (Å²) < 4.78 is 1.86. The molecule has 0 bridgehead atoms. The zero-order valence-corrected chi connectivity index (χ0v) is 11.3. The molecule has 0 aliphatic carbocycles. The summed E-state index contributed by atoms with van der Waals surface area (Å²) in [6.45, 7) is 5.88. The van der Waals surface area contributed by atoms with Crippen LogP contribution in [0, 0.1) is 6.92 Å². The van der Waals surface area contributed by atoms with Crippen LogP contribution in [0.2, 0.25) is 0 Å². The molecular weight excluding hydrogens is 232 g/mol. The molecule has 0 aromatic carbocycles. The van der Waals surface area contributed by atoms with Crippen LogP contribution in [0.5, 0.6) is 0 Å². The van der Waals surface area contributed by atoms with Crippen LogP contribution in [-0.2, 0) is 13.6 Å². The Bertz CT molecular complexity index is 487. The number of hydrogen-bond donors (Lipinski definition) is 1. The van der Waals surface area contributed by atoms with Crippen LogP contribution in [0.15, 0.2) is 17.5 Å². The molecule has 0 aliphatic rings. The second-order valence-corrected chi connectivity index (χ2v) is 5.07. The Labute approximate surface area is 106 Å². The quantitative estimate of drug-likeness (QED) is 0.906. The first kappa shape index (κ1) is 12.0. The number of nitrogen functional groups attached to an aromatic ring is 1. The zero-order chi connectivity index (χ0) is 12.4. The molecule has 2 aromatic heterocycles. The normalized spacial score (nSPS) is 10.8. The highest BCUT2D eigenvalue weighted by Gasteiger charge is 2.16. The van der Waals surface area contributed by atoms with Gasteiger partial charge in [-0.15, -0.1) is 11.3 Å². The van der Waals surface area contributed by atoms with E-state index in [4.69, 9.17) is 5.73 Å². The number of hydrogen-bond acceptors (Lipinski definition) is 4. The average Bonchev–Trinajstić information content (AvgIpc) is 2.87. The maximum absolute atomic E-state index is 6.09. The van der Waals surface area contributed by atoms with Crippen molar-refractivity contribution in [3.8, 4) is 0 Å². The highest BCUT2D eigenvalue weighted by atomic mass is 32.1. The first-order chi connectivity index (χ1) is 8.13. The molecule has 4 nitrogen and oxygen atoms in total. The van der Waals surface area contributed by atoms with Crippen molar-refractivity contribution in [2.24, 2.45) is 7.05 Å². The smallest absolute Gasteiger partial charge is 0.150 e. The Morgan fingerprint density at radius 3 is 2.76 bits per heavy atom. The SMILES string of the molecule is CCN(Cc1cccs1)c1c(N)c(C)nn1C. The van der Waals surface area contributed by atoms with Crippen LogP contribution in [0.1, 0.15) is 17.5 Å². The maximum atomic E-state index is 6.09. The first-order valence-electron chi connectivity index (χ1n) is 5.69. The molecule has 92 valence electrons. The summed E-state index contributed by atoms with van der Waals surface area (Å²) in [5.41, 5.74) is 7.77. The van der Waals surface area contributed by atoms with Crippen LogP contribution in [-0.4, -0.2) is 16.3 Å². The van der Waals surface area contributed by atoms with Crippen molar-refractivity contribution in [3.05, 3.63) is 28.1 Å². The lowest BCUT2D eigenvalue weighted by Crippen LogP contribution is -2.24. The summed E-state index contributed by atoms with van der Waals surface area (Å²) in [7, 11) is 1.94. The standard InChI is InChI=1S/C12H18N4S/c1-4-16(8-10-6-5-7-17-10)12-11(13)9(2)14-15(12)3/h5-7H,4,8,13H2,1-3H3. The fourth-order valence-corrected chi connectivity index (χ4v) is 2.68. The van der Waals surface area contributed by atoms with Gasteiger partial charge in [-0.05, 0) is 25.3 Å². The largest absolute Gasteiger partial charge is 0.394 e. The van der Waals surface area contributed by atoms with E-state index < -0.39 is 0 Å². The lowest BCUT2D eigenvalue weighted by atomic mass is 10.3. The van der Waals surface area contributed by atoms with Crippen LogP contribution in [0.3, 0.4) is 0 Å². The van der Waals surface area contributed by atoms with Gasteiger partial charge in [-0.25, -0.2) is 0 Å². The molecule has 17 heavy (non-hydrogen) atoms. The van der Waals surface area contributed by atoms with Gasteiger partial charge in [0.1, 0.15) is 0 Å². The topological polar surface area (TPSA) is 47.1 Å². The number of nitrogens with two attached hydrogens (primary N) is 1. The molecule has 0 fully saturated rings. The molecule has 2 heterocycles. The van der Waals surface area contributed by atoms with Gasteiger partial charge < -0.3 is 10.6 Å². The second kappa shape index (κ2) is 4.79. The minimum Gasteiger partial charge on any atom is -0.394 e. The fraction of sp³-hybridized carbons (Fsp3) is 0.417. The van der Waals surface area contributed by atoms with Gasteiger partial charge in [0.25, 0.3) is 0 Å². The van der Waals surface area contributed by atoms with Gasteiger partial charge in [0.2, 0.25) is 0 Å². The minimum absolute atomic E-state index is 0.783. The number of aromatic nitrogens is 2. The molecule has 0 aliphatic heterocycles. The summed E-state index contributed by atoms with van der Waals surface area (Å²) in [6, 6.07) is 4.22. The van der Waals surface area contributed by atoms with Gasteiger partial charge in [-0.3, -0.25) is 4.68 Å². The highest BCUT2D eigenvalue weighted by molar-refractivity contribution is 7.09. The molecule has 2 N–H and O–H groups in total. The van der Waals surface area contributed by atoms with Crippen molar-refractivity contribution in [1.82, 2.24) is 9.78 Å². The van der Waals surface area contributed by atoms with Crippen LogP contribution in [0.25, 0.3) is 0 Å². The summed E-state index contributed by atoms with van der Waals surface area (Å²) in [4.78, 5) is 3.59. The Morgan fingerprint density at radius 1 is 1.53 bits per heavy atom. The highest BCUT2D eigenvalue weighted by Crippen LogP contribution is 2.27. The third kappa shape index (κ3) is 2.29. The molecule has 0 amide bonds. The Morgan fingerprint density at radius 2 is 2.29 bits per heavy atom. The van der Waals surface area contributed by atoms with Gasteiger partial charge in [-0.2, -0.15) is 5.10 Å². The Hall–Kier alpha value is -1.49. The van der Waals surface area contributed by atoms with Crippen LogP contribution < -0.4 is 10.6 Å². The van der Waals surface area contributed by atoms with E-state index >= 15 is 0 Å². The van der Waals surface area contributed by atoms with Gasteiger partial charge in [0.05, 0.1) is 17.9 Å². The van der Waals surface area contributed by atoms with Crippen molar-refractivity contribution in [2.75, 3.05) is 17.2 Å². The number of aryl methyl sites for hydroxylation is 2. The summed E-state index contributed by atoms with van der Waals surface area (Å²) in [6.07, 6.45) is 0. The van der Waals surface area contributed by atoms with Crippen LogP contribution in [0.4, 0.5) is 11.5 Å². The molecule has 0 atom stereocenters. The van der Waals surface area contributed by atoms with E-state index in [9.17, 15) is 0 Å². The van der Waals surface area contributed by atoms with E-state index in [2.05, 4.69) is 34.4 Å². The van der Waals surface area contributed by atoms with Crippen LogP contribution >= 0.6 is 11.3 Å². The van der Waals surface area contributed by atoms with Crippen molar-refractivity contribution < 1.29 is 0 Å². The van der Waals surface area contributed by atoms with E-state index in [0.717, 1.165) is 30.3 Å². The Kier molecular flexibility index (Phi) is 3.38. The van der Waals surface area contributed by atoms with Crippen molar-refractivity contribution >= 4 is 22.8 Å². The average molecular weight is 250 g/mol. The minimum atomic E-state index is 0.783. The van der Waals surface area contributed by atoms with Gasteiger partial charge in [0, 0.05) is 18.5 Å². The van der Waals surface area contributed by atoms with Gasteiger partial charge in [-0.1, -0.05) is 6.07 Å².